The summed E-state index contributed by atoms with van der Waals surface area (Å²) in [5.74, 6) is 0. The summed E-state index contributed by atoms with van der Waals surface area (Å²) in [6, 6.07) is 17.8. The van der Waals surface area contributed by atoms with Gasteiger partial charge in [-0.2, -0.15) is 0 Å². The highest BCUT2D eigenvalue weighted by Gasteiger charge is 2.15. The van der Waals surface area contributed by atoms with Gasteiger partial charge in [-0.3, -0.25) is 0 Å². The highest BCUT2D eigenvalue weighted by molar-refractivity contribution is 9.10. The Morgan fingerprint density at radius 2 is 1.71 bits per heavy atom. The van der Waals surface area contributed by atoms with Gasteiger partial charge in [0.2, 0.25) is 0 Å². The third-order valence-electron chi connectivity index (χ3n) is 3.26. The average Bonchev–Trinajstić information content (AvgIpc) is 2.49. The van der Waals surface area contributed by atoms with Gasteiger partial charge in [0.05, 0.1) is 0 Å². The van der Waals surface area contributed by atoms with Crippen LogP contribution in [0.5, 0.6) is 0 Å². The van der Waals surface area contributed by atoms with Crippen molar-refractivity contribution in [2.75, 3.05) is 20.6 Å². The van der Waals surface area contributed by atoms with Crippen molar-refractivity contribution < 1.29 is 5.11 Å². The lowest BCUT2D eigenvalue weighted by Gasteiger charge is -2.17. The van der Waals surface area contributed by atoms with Gasteiger partial charge < -0.3 is 10.0 Å². The van der Waals surface area contributed by atoms with Gasteiger partial charge in [0.15, 0.2) is 0 Å². The molecule has 0 bridgehead atoms. The van der Waals surface area contributed by atoms with Crippen molar-refractivity contribution in [2.45, 2.75) is 6.10 Å². The lowest BCUT2D eigenvalue weighted by Crippen LogP contribution is -2.12. The van der Waals surface area contributed by atoms with E-state index in [-0.39, 0.29) is 0 Å². The standard InChI is InChI=1S/C18H20BrNO/c1-20(2)13-12-17(14-8-10-16(19)11-9-14)18(21)15-6-4-3-5-7-15/h3-12,18,21H,13H2,1-2H3. The van der Waals surface area contributed by atoms with E-state index in [1.165, 1.54) is 0 Å². The van der Waals surface area contributed by atoms with Crippen LogP contribution in [0.4, 0.5) is 0 Å². The van der Waals surface area contributed by atoms with Crippen molar-refractivity contribution in [3.63, 3.8) is 0 Å². The van der Waals surface area contributed by atoms with Crippen LogP contribution in [0, 0.1) is 0 Å². The van der Waals surface area contributed by atoms with Crippen LogP contribution in [0.15, 0.2) is 65.1 Å². The lowest BCUT2D eigenvalue weighted by atomic mass is 9.95. The first-order chi connectivity index (χ1) is 10.1. The molecule has 0 aliphatic rings. The van der Waals surface area contributed by atoms with Crippen molar-refractivity contribution in [3.8, 4) is 0 Å². The van der Waals surface area contributed by atoms with Crippen LogP contribution in [0.25, 0.3) is 5.57 Å². The number of nitrogens with zero attached hydrogens (tertiary/aromatic N) is 1. The Labute approximate surface area is 134 Å². The molecule has 0 aliphatic heterocycles. The van der Waals surface area contributed by atoms with Crippen LogP contribution in [-0.2, 0) is 0 Å². The molecule has 21 heavy (non-hydrogen) atoms. The Balaban J connectivity index is 2.36. The van der Waals surface area contributed by atoms with E-state index in [1.54, 1.807) is 0 Å². The fraction of sp³-hybridized carbons (Fsp3) is 0.222. The first kappa shape index (κ1) is 16.0. The smallest absolute Gasteiger partial charge is 0.104 e. The molecule has 0 aliphatic carbocycles. The highest BCUT2D eigenvalue weighted by Crippen LogP contribution is 2.30. The van der Waals surface area contributed by atoms with E-state index in [0.29, 0.717) is 0 Å². The summed E-state index contributed by atoms with van der Waals surface area (Å²) in [7, 11) is 4.04. The van der Waals surface area contributed by atoms with Crippen LogP contribution in [0.1, 0.15) is 17.2 Å². The van der Waals surface area contributed by atoms with Gasteiger partial charge >= 0.3 is 0 Å². The molecule has 0 spiro atoms. The molecule has 0 fully saturated rings. The maximum Gasteiger partial charge on any atom is 0.104 e. The van der Waals surface area contributed by atoms with Gasteiger partial charge in [0, 0.05) is 11.0 Å². The molecular formula is C18H20BrNO. The van der Waals surface area contributed by atoms with Crippen LogP contribution in [-0.4, -0.2) is 30.6 Å². The zero-order valence-electron chi connectivity index (χ0n) is 12.3. The molecule has 1 atom stereocenters. The topological polar surface area (TPSA) is 23.5 Å². The minimum atomic E-state index is -0.618. The molecule has 2 nitrogen and oxygen atoms in total. The number of hydrogen-bond acceptors (Lipinski definition) is 2. The molecule has 0 saturated carbocycles. The van der Waals surface area contributed by atoms with E-state index in [2.05, 4.69) is 26.9 Å². The fourth-order valence-corrected chi connectivity index (χ4v) is 2.39. The molecule has 1 N–H and O–H groups in total. The van der Waals surface area contributed by atoms with Crippen LogP contribution < -0.4 is 0 Å². The summed E-state index contributed by atoms with van der Waals surface area (Å²) in [6.07, 6.45) is 1.47. The van der Waals surface area contributed by atoms with E-state index < -0.39 is 6.10 Å². The van der Waals surface area contributed by atoms with E-state index in [1.807, 2.05) is 68.7 Å². The Bertz CT molecular complexity index is 590. The van der Waals surface area contributed by atoms with Crippen LogP contribution in [0.3, 0.4) is 0 Å². The van der Waals surface area contributed by atoms with Gasteiger partial charge in [-0.15, -0.1) is 0 Å². The maximum atomic E-state index is 10.7. The SMILES string of the molecule is CN(C)CC=C(c1ccc(Br)cc1)C(O)c1ccccc1. The zero-order valence-corrected chi connectivity index (χ0v) is 13.9. The Morgan fingerprint density at radius 1 is 1.10 bits per heavy atom. The molecule has 1 unspecified atom stereocenters. The Hall–Kier alpha value is -1.42. The third kappa shape index (κ3) is 4.53. The van der Waals surface area contributed by atoms with E-state index >= 15 is 0 Å². The number of aliphatic hydroxyl groups excluding tert-OH is 1. The third-order valence-corrected chi connectivity index (χ3v) is 3.79. The molecular weight excluding hydrogens is 326 g/mol. The normalized spacial score (nSPS) is 13.5. The molecule has 0 saturated heterocycles. The number of likely N-dealkylation sites (N-methyl/N-ethyl adjacent to an activating group) is 1. The minimum absolute atomic E-state index is 0.618. The van der Waals surface area contributed by atoms with Crippen molar-refractivity contribution in [1.82, 2.24) is 4.90 Å². The summed E-state index contributed by atoms with van der Waals surface area (Å²) in [5, 5.41) is 10.7. The molecule has 0 heterocycles. The first-order valence-corrected chi connectivity index (χ1v) is 7.71. The molecule has 2 rings (SSSR count). The van der Waals surface area contributed by atoms with Gasteiger partial charge in [0.25, 0.3) is 0 Å². The monoisotopic (exact) mass is 345 g/mol. The number of benzene rings is 2. The number of hydrogen-bond donors (Lipinski definition) is 1. The van der Waals surface area contributed by atoms with Gasteiger partial charge in [-0.25, -0.2) is 0 Å². The molecule has 110 valence electrons. The summed E-state index contributed by atoms with van der Waals surface area (Å²) in [6.45, 7) is 0.787. The largest absolute Gasteiger partial charge is 0.384 e. The molecule has 2 aromatic carbocycles. The first-order valence-electron chi connectivity index (χ1n) is 6.91. The van der Waals surface area contributed by atoms with Crippen molar-refractivity contribution in [1.29, 1.82) is 0 Å². The minimum Gasteiger partial charge on any atom is -0.384 e. The van der Waals surface area contributed by atoms with Crippen molar-refractivity contribution >= 4 is 21.5 Å². The second-order valence-electron chi connectivity index (χ2n) is 5.24. The summed E-state index contributed by atoms with van der Waals surface area (Å²) < 4.78 is 1.03. The van der Waals surface area contributed by atoms with Crippen molar-refractivity contribution in [3.05, 3.63) is 76.3 Å². The average molecular weight is 346 g/mol. The predicted octanol–water partition coefficient (Wildman–Crippen LogP) is 4.13. The summed E-state index contributed by atoms with van der Waals surface area (Å²) >= 11 is 3.45. The Kier molecular flexibility index (Phi) is 5.74. The van der Waals surface area contributed by atoms with Gasteiger partial charge in [-0.05, 0) is 42.9 Å². The highest BCUT2D eigenvalue weighted by atomic mass is 79.9. The molecule has 0 amide bonds. The zero-order chi connectivity index (χ0) is 15.2. The molecule has 3 heteroatoms. The number of halogens is 1. The summed E-state index contributed by atoms with van der Waals surface area (Å²) in [5.41, 5.74) is 2.88. The van der Waals surface area contributed by atoms with Crippen LogP contribution in [0.2, 0.25) is 0 Å². The second-order valence-corrected chi connectivity index (χ2v) is 6.16. The fourth-order valence-electron chi connectivity index (χ4n) is 2.13. The molecule has 0 radical (unpaired) electrons. The van der Waals surface area contributed by atoms with Crippen LogP contribution >= 0.6 is 15.9 Å². The van der Waals surface area contributed by atoms with Crippen molar-refractivity contribution in [2.24, 2.45) is 0 Å². The summed E-state index contributed by atoms with van der Waals surface area (Å²) in [4.78, 5) is 2.08. The molecule has 2 aromatic rings. The Morgan fingerprint density at radius 3 is 2.29 bits per heavy atom. The quantitative estimate of drug-likeness (QED) is 0.880. The predicted molar refractivity (Wildman–Crippen MR) is 92.1 cm³/mol. The van der Waals surface area contributed by atoms with E-state index in [9.17, 15) is 5.11 Å². The number of aliphatic hydroxyl groups is 1. The maximum absolute atomic E-state index is 10.7. The van der Waals surface area contributed by atoms with Gasteiger partial charge in [-0.1, -0.05) is 64.5 Å². The van der Waals surface area contributed by atoms with E-state index in [4.69, 9.17) is 0 Å². The van der Waals surface area contributed by atoms with Gasteiger partial charge in [0.1, 0.15) is 6.10 Å². The van der Waals surface area contributed by atoms with E-state index in [0.717, 1.165) is 27.7 Å². The number of rotatable bonds is 5. The lowest BCUT2D eigenvalue weighted by molar-refractivity contribution is 0.237. The molecule has 0 aromatic heterocycles. The second kappa shape index (κ2) is 7.55.